The Labute approximate surface area is 145 Å². The van der Waals surface area contributed by atoms with Gasteiger partial charge in [0.1, 0.15) is 5.75 Å². The highest BCUT2D eigenvalue weighted by atomic mass is 35.5. The van der Waals surface area contributed by atoms with Crippen LogP contribution in [0.5, 0.6) is 5.75 Å². The molecule has 0 aliphatic heterocycles. The Morgan fingerprint density at radius 2 is 1.71 bits per heavy atom. The van der Waals surface area contributed by atoms with Crippen molar-refractivity contribution in [1.82, 2.24) is 0 Å². The van der Waals surface area contributed by atoms with Gasteiger partial charge in [-0.05, 0) is 55.0 Å². The maximum atomic E-state index is 12.8. The predicted octanol–water partition coefficient (Wildman–Crippen LogP) is 3.86. The standard InChI is InChI=1S/C18H18ClNO4/c1-24-16-10-8-15(9-11-16)20(12-2-3-17(21)22)18(23)13-4-6-14(19)7-5-13/h4-11H,2-3,12H2,1H3,(H,21,22). The van der Waals surface area contributed by atoms with E-state index in [9.17, 15) is 9.59 Å². The molecule has 0 heterocycles. The van der Waals surface area contributed by atoms with Gasteiger partial charge in [0.25, 0.3) is 5.91 Å². The fourth-order valence-electron chi connectivity index (χ4n) is 2.25. The van der Waals surface area contributed by atoms with Gasteiger partial charge in [0.05, 0.1) is 7.11 Å². The largest absolute Gasteiger partial charge is 0.497 e. The molecule has 2 rings (SSSR count). The summed E-state index contributed by atoms with van der Waals surface area (Å²) < 4.78 is 5.12. The van der Waals surface area contributed by atoms with Crippen molar-refractivity contribution in [2.75, 3.05) is 18.6 Å². The molecule has 0 aromatic heterocycles. The molecule has 5 nitrogen and oxygen atoms in total. The number of ether oxygens (including phenoxy) is 1. The number of carbonyl (C=O) groups is 2. The number of halogens is 1. The zero-order valence-electron chi connectivity index (χ0n) is 13.2. The van der Waals surface area contributed by atoms with Gasteiger partial charge in [-0.1, -0.05) is 11.6 Å². The van der Waals surface area contributed by atoms with Crippen molar-refractivity contribution in [1.29, 1.82) is 0 Å². The van der Waals surface area contributed by atoms with E-state index in [-0.39, 0.29) is 12.3 Å². The number of rotatable bonds is 7. The van der Waals surface area contributed by atoms with E-state index in [2.05, 4.69) is 0 Å². The molecule has 2 aromatic rings. The Morgan fingerprint density at radius 3 is 2.25 bits per heavy atom. The molecule has 0 unspecified atom stereocenters. The number of carbonyl (C=O) groups excluding carboxylic acids is 1. The van der Waals surface area contributed by atoms with Crippen LogP contribution in [0.25, 0.3) is 0 Å². The minimum atomic E-state index is -0.886. The summed E-state index contributed by atoms with van der Waals surface area (Å²) in [6.07, 6.45) is 0.362. The summed E-state index contributed by atoms with van der Waals surface area (Å²) >= 11 is 5.86. The lowest BCUT2D eigenvalue weighted by Crippen LogP contribution is -2.32. The van der Waals surface area contributed by atoms with Crippen LogP contribution in [0.2, 0.25) is 5.02 Å². The molecule has 0 fully saturated rings. The van der Waals surface area contributed by atoms with E-state index in [0.717, 1.165) is 0 Å². The summed E-state index contributed by atoms with van der Waals surface area (Å²) in [7, 11) is 1.57. The maximum absolute atomic E-state index is 12.8. The van der Waals surface area contributed by atoms with Crippen LogP contribution in [-0.4, -0.2) is 30.6 Å². The minimum Gasteiger partial charge on any atom is -0.497 e. The SMILES string of the molecule is COc1ccc(N(CCCC(=O)O)C(=O)c2ccc(Cl)cc2)cc1. The Hall–Kier alpha value is -2.53. The number of carboxylic acid groups (broad SMARTS) is 1. The zero-order chi connectivity index (χ0) is 17.5. The highest BCUT2D eigenvalue weighted by molar-refractivity contribution is 6.30. The molecule has 126 valence electrons. The molecule has 0 atom stereocenters. The first-order chi connectivity index (χ1) is 11.5. The van der Waals surface area contributed by atoms with E-state index in [1.165, 1.54) is 0 Å². The molecule has 1 amide bonds. The monoisotopic (exact) mass is 347 g/mol. The number of carboxylic acids is 1. The fourth-order valence-corrected chi connectivity index (χ4v) is 2.37. The number of amides is 1. The molecule has 2 aromatic carbocycles. The van der Waals surface area contributed by atoms with Crippen molar-refractivity contribution >= 4 is 29.2 Å². The summed E-state index contributed by atoms with van der Waals surface area (Å²) in [4.78, 5) is 25.1. The van der Waals surface area contributed by atoms with Gasteiger partial charge in [0.2, 0.25) is 0 Å². The number of benzene rings is 2. The van der Waals surface area contributed by atoms with E-state index < -0.39 is 5.97 Å². The molecular weight excluding hydrogens is 330 g/mol. The second-order valence-electron chi connectivity index (χ2n) is 5.16. The lowest BCUT2D eigenvalue weighted by atomic mass is 10.1. The lowest BCUT2D eigenvalue weighted by Gasteiger charge is -2.23. The smallest absolute Gasteiger partial charge is 0.303 e. The number of aliphatic carboxylic acids is 1. The zero-order valence-corrected chi connectivity index (χ0v) is 14.0. The van der Waals surface area contributed by atoms with Crippen LogP contribution in [0.3, 0.4) is 0 Å². The maximum Gasteiger partial charge on any atom is 0.303 e. The molecule has 24 heavy (non-hydrogen) atoms. The van der Waals surface area contributed by atoms with E-state index in [0.29, 0.717) is 35.0 Å². The Bertz CT molecular complexity index is 698. The molecule has 0 saturated heterocycles. The second-order valence-corrected chi connectivity index (χ2v) is 5.60. The van der Waals surface area contributed by atoms with Gasteiger partial charge < -0.3 is 14.7 Å². The van der Waals surface area contributed by atoms with E-state index in [4.69, 9.17) is 21.4 Å². The highest BCUT2D eigenvalue weighted by Gasteiger charge is 2.18. The lowest BCUT2D eigenvalue weighted by molar-refractivity contribution is -0.137. The minimum absolute atomic E-state index is 0.000548. The van der Waals surface area contributed by atoms with Gasteiger partial charge in [-0.15, -0.1) is 0 Å². The van der Waals surface area contributed by atoms with Crippen LogP contribution in [0.1, 0.15) is 23.2 Å². The van der Waals surface area contributed by atoms with Gasteiger partial charge >= 0.3 is 5.97 Å². The Kier molecular flexibility index (Phi) is 6.21. The fraction of sp³-hybridized carbons (Fsp3) is 0.222. The number of hydrogen-bond donors (Lipinski definition) is 1. The first-order valence-electron chi connectivity index (χ1n) is 7.44. The molecule has 1 N–H and O–H groups in total. The number of nitrogens with zero attached hydrogens (tertiary/aromatic N) is 1. The molecule has 6 heteroatoms. The number of anilines is 1. The van der Waals surface area contributed by atoms with Crippen LogP contribution < -0.4 is 9.64 Å². The number of methoxy groups -OCH3 is 1. The van der Waals surface area contributed by atoms with Gasteiger partial charge in [-0.2, -0.15) is 0 Å². The molecular formula is C18H18ClNO4. The summed E-state index contributed by atoms with van der Waals surface area (Å²) in [5.41, 5.74) is 1.17. The van der Waals surface area contributed by atoms with Crippen molar-refractivity contribution < 1.29 is 19.4 Å². The topological polar surface area (TPSA) is 66.8 Å². The van der Waals surface area contributed by atoms with Crippen molar-refractivity contribution in [2.24, 2.45) is 0 Å². The quantitative estimate of drug-likeness (QED) is 0.825. The molecule has 0 bridgehead atoms. The molecule has 0 aliphatic carbocycles. The molecule has 0 radical (unpaired) electrons. The van der Waals surface area contributed by atoms with Crippen molar-refractivity contribution in [3.8, 4) is 5.75 Å². The first-order valence-corrected chi connectivity index (χ1v) is 7.82. The summed E-state index contributed by atoms with van der Waals surface area (Å²) in [5, 5.41) is 9.37. The van der Waals surface area contributed by atoms with Gasteiger partial charge in [-0.25, -0.2) is 0 Å². The van der Waals surface area contributed by atoms with Crippen LogP contribution in [-0.2, 0) is 4.79 Å². The molecule has 0 saturated carbocycles. The predicted molar refractivity (Wildman–Crippen MR) is 93.0 cm³/mol. The summed E-state index contributed by atoms with van der Waals surface area (Å²) in [6.45, 7) is 0.306. The molecule has 0 spiro atoms. The van der Waals surface area contributed by atoms with Crippen molar-refractivity contribution in [2.45, 2.75) is 12.8 Å². The van der Waals surface area contributed by atoms with E-state index in [1.54, 1.807) is 60.5 Å². The highest BCUT2D eigenvalue weighted by Crippen LogP contribution is 2.22. The average Bonchev–Trinajstić information content (AvgIpc) is 2.59. The normalized spacial score (nSPS) is 10.2. The third-order valence-corrected chi connectivity index (χ3v) is 3.74. The summed E-state index contributed by atoms with van der Waals surface area (Å²) in [5.74, 6) is -0.408. The van der Waals surface area contributed by atoms with Crippen LogP contribution in [0, 0.1) is 0 Å². The van der Waals surface area contributed by atoms with Gasteiger partial charge in [0.15, 0.2) is 0 Å². The molecule has 0 aliphatic rings. The van der Waals surface area contributed by atoms with Crippen LogP contribution in [0.4, 0.5) is 5.69 Å². The van der Waals surface area contributed by atoms with Crippen LogP contribution in [0.15, 0.2) is 48.5 Å². The average molecular weight is 348 g/mol. The van der Waals surface area contributed by atoms with E-state index >= 15 is 0 Å². The first kappa shape index (κ1) is 17.8. The van der Waals surface area contributed by atoms with Gasteiger partial charge in [-0.3, -0.25) is 9.59 Å². The van der Waals surface area contributed by atoms with E-state index in [1.807, 2.05) is 0 Å². The second kappa shape index (κ2) is 8.36. The van der Waals surface area contributed by atoms with Crippen molar-refractivity contribution in [3.05, 3.63) is 59.1 Å². The van der Waals surface area contributed by atoms with Gasteiger partial charge in [0, 0.05) is 29.2 Å². The Balaban J connectivity index is 2.24. The Morgan fingerprint density at radius 1 is 1.08 bits per heavy atom. The summed E-state index contributed by atoms with van der Waals surface area (Å²) in [6, 6.07) is 13.7. The van der Waals surface area contributed by atoms with Crippen LogP contribution >= 0.6 is 11.6 Å². The third-order valence-electron chi connectivity index (χ3n) is 3.49. The van der Waals surface area contributed by atoms with Crippen molar-refractivity contribution in [3.63, 3.8) is 0 Å². The number of hydrogen-bond acceptors (Lipinski definition) is 3. The third kappa shape index (κ3) is 4.73.